The molecular formula is C43H63ClN2O5. The molecule has 1 saturated carbocycles. The number of aromatic nitrogens is 1. The Labute approximate surface area is 312 Å². The molecule has 8 heteroatoms. The van der Waals surface area contributed by atoms with E-state index in [4.69, 9.17) is 27.2 Å². The molecule has 1 aliphatic heterocycles. The summed E-state index contributed by atoms with van der Waals surface area (Å²) >= 11 is 6.48. The summed E-state index contributed by atoms with van der Waals surface area (Å²) in [6.07, 6.45) is 10.8. The third-order valence-corrected chi connectivity index (χ3v) is 9.99. The topological polar surface area (TPSA) is 112 Å². The lowest BCUT2D eigenvalue weighted by molar-refractivity contribution is -0.138. The Morgan fingerprint density at radius 1 is 0.961 bits per heavy atom. The number of carbonyl (C=O) groups excluding carboxylic acids is 2. The molecule has 0 radical (unpaired) electrons. The van der Waals surface area contributed by atoms with Crippen molar-refractivity contribution in [2.24, 2.45) is 23.5 Å². The molecule has 1 aliphatic carbocycles. The highest BCUT2D eigenvalue weighted by Gasteiger charge is 2.34. The van der Waals surface area contributed by atoms with E-state index in [-0.39, 0.29) is 18.2 Å². The molecule has 2 aromatic carbocycles. The Balaban J connectivity index is 0.000000350. The number of halogens is 1. The van der Waals surface area contributed by atoms with Gasteiger partial charge in [-0.15, -0.1) is 0 Å². The molecule has 1 aromatic heterocycles. The average molecular weight is 723 g/mol. The summed E-state index contributed by atoms with van der Waals surface area (Å²) in [6, 6.07) is 16.2. The van der Waals surface area contributed by atoms with Crippen LogP contribution >= 0.6 is 11.6 Å². The third-order valence-electron chi connectivity index (χ3n) is 9.76. The van der Waals surface area contributed by atoms with E-state index in [1.54, 1.807) is 7.11 Å². The van der Waals surface area contributed by atoms with Crippen molar-refractivity contribution in [1.29, 1.82) is 0 Å². The fourth-order valence-electron chi connectivity index (χ4n) is 6.69. The SMILES string of the molecule is CC1CC1.CCC(=O)CC.CCC1Cc2ccc(C(=O)CN)n2-c2ccc(Cl)cc2C1c1cccc(C)c1OC.CCCC(CCC)CC(=O)O. The van der Waals surface area contributed by atoms with E-state index in [2.05, 4.69) is 63.5 Å². The predicted molar refractivity (Wildman–Crippen MR) is 211 cm³/mol. The minimum Gasteiger partial charge on any atom is -0.496 e. The number of hydrogen-bond donors (Lipinski definition) is 2. The molecule has 1 fully saturated rings. The number of rotatable bonds is 13. The molecule has 3 N–H and O–H groups in total. The Morgan fingerprint density at radius 3 is 2.06 bits per heavy atom. The van der Waals surface area contributed by atoms with Gasteiger partial charge in [-0.05, 0) is 72.6 Å². The zero-order valence-electron chi connectivity index (χ0n) is 32.4. The first-order valence-corrected chi connectivity index (χ1v) is 19.4. The van der Waals surface area contributed by atoms with Crippen molar-refractivity contribution in [3.8, 4) is 11.4 Å². The Kier molecular flexibility index (Phi) is 19.3. The van der Waals surface area contributed by atoms with Crippen molar-refractivity contribution in [3.05, 3.63) is 81.6 Å². The van der Waals surface area contributed by atoms with Gasteiger partial charge in [0.2, 0.25) is 0 Å². The van der Waals surface area contributed by atoms with Crippen LogP contribution in [-0.2, 0) is 16.0 Å². The van der Waals surface area contributed by atoms with E-state index in [1.807, 2.05) is 38.1 Å². The van der Waals surface area contributed by atoms with Crippen LogP contribution in [0.3, 0.4) is 0 Å². The van der Waals surface area contributed by atoms with Gasteiger partial charge in [0.1, 0.15) is 11.5 Å². The Morgan fingerprint density at radius 2 is 1.59 bits per heavy atom. The van der Waals surface area contributed by atoms with Crippen LogP contribution in [0.25, 0.3) is 5.69 Å². The van der Waals surface area contributed by atoms with Crippen LogP contribution in [0.4, 0.5) is 0 Å². The van der Waals surface area contributed by atoms with Crippen molar-refractivity contribution in [2.75, 3.05) is 13.7 Å². The number of Topliss-reactive ketones (excluding diaryl/α,β-unsaturated/α-hetero) is 2. The van der Waals surface area contributed by atoms with Crippen LogP contribution < -0.4 is 10.5 Å². The standard InChI is InChI=1S/C25H27ClN2O2.C9H18O2.C5H10O.C4H8/c1-4-16-12-18-9-11-22(23(29)14-27)28(18)21-10-8-17(26)13-20(21)24(16)19-7-5-6-15(2)25(19)30-3;1-3-5-8(6-4-2)7-9(10)11;1-3-5(6)4-2;1-4-2-3-4/h5-11,13,16,24H,4,12,14,27H2,1-3H3;8H,3-7H2,1-2H3,(H,10,11);3-4H2,1-2H3;4H,2-3H2,1H3. The van der Waals surface area contributed by atoms with Crippen molar-refractivity contribution < 1.29 is 24.2 Å². The van der Waals surface area contributed by atoms with Crippen LogP contribution in [0.15, 0.2) is 48.5 Å². The molecule has 2 atom stereocenters. The monoisotopic (exact) mass is 722 g/mol. The minimum atomic E-state index is -0.656. The maximum absolute atomic E-state index is 12.6. The second-order valence-electron chi connectivity index (χ2n) is 13.9. The van der Waals surface area contributed by atoms with Gasteiger partial charge >= 0.3 is 5.97 Å². The normalized spacial score (nSPS) is 15.7. The number of carbonyl (C=O) groups is 3. The third kappa shape index (κ3) is 13.3. The highest BCUT2D eigenvalue weighted by molar-refractivity contribution is 6.30. The Bertz CT molecular complexity index is 1530. The van der Waals surface area contributed by atoms with Crippen LogP contribution in [0.2, 0.25) is 5.02 Å². The van der Waals surface area contributed by atoms with Gasteiger partial charge in [-0.3, -0.25) is 14.4 Å². The van der Waals surface area contributed by atoms with E-state index >= 15 is 0 Å². The zero-order chi connectivity index (χ0) is 38.1. The summed E-state index contributed by atoms with van der Waals surface area (Å²) in [4.78, 5) is 33.1. The molecule has 5 rings (SSSR count). The molecule has 0 saturated heterocycles. The Hall–Kier alpha value is -3.42. The first kappa shape index (κ1) is 43.7. The van der Waals surface area contributed by atoms with E-state index in [9.17, 15) is 14.4 Å². The molecule has 0 bridgehead atoms. The molecule has 0 amide bonds. The van der Waals surface area contributed by atoms with Crippen molar-refractivity contribution in [3.63, 3.8) is 0 Å². The largest absolute Gasteiger partial charge is 0.496 e. The second-order valence-corrected chi connectivity index (χ2v) is 14.3. The summed E-state index contributed by atoms with van der Waals surface area (Å²) in [5, 5.41) is 9.22. The number of ether oxygens (including phenoxy) is 1. The van der Waals surface area contributed by atoms with E-state index in [0.717, 1.165) is 78.3 Å². The quantitative estimate of drug-likeness (QED) is 0.170. The summed E-state index contributed by atoms with van der Waals surface area (Å²) in [6.45, 7) is 14.5. The summed E-state index contributed by atoms with van der Waals surface area (Å²) in [5.74, 6) is 2.45. The van der Waals surface area contributed by atoms with Gasteiger partial charge in [-0.25, -0.2) is 0 Å². The first-order chi connectivity index (χ1) is 24.4. The number of aryl methyl sites for hydroxylation is 1. The number of ketones is 2. The van der Waals surface area contributed by atoms with Crippen molar-refractivity contribution >= 4 is 29.1 Å². The van der Waals surface area contributed by atoms with Crippen molar-refractivity contribution in [1.82, 2.24) is 4.57 Å². The maximum Gasteiger partial charge on any atom is 0.303 e. The fourth-order valence-corrected chi connectivity index (χ4v) is 6.87. The van der Waals surface area contributed by atoms with Gasteiger partial charge in [0.15, 0.2) is 5.78 Å². The average Bonchev–Trinajstić information content (AvgIpc) is 3.82. The highest BCUT2D eigenvalue weighted by atomic mass is 35.5. The number of aliphatic carboxylic acids is 1. The van der Waals surface area contributed by atoms with Gasteiger partial charge in [0.25, 0.3) is 0 Å². The zero-order valence-corrected chi connectivity index (χ0v) is 33.2. The summed E-state index contributed by atoms with van der Waals surface area (Å²) in [7, 11) is 1.73. The minimum absolute atomic E-state index is 0.0152. The van der Waals surface area contributed by atoms with Crippen LogP contribution in [0.5, 0.6) is 5.75 Å². The highest BCUT2D eigenvalue weighted by Crippen LogP contribution is 2.46. The molecule has 3 aromatic rings. The lowest BCUT2D eigenvalue weighted by Crippen LogP contribution is -2.18. The van der Waals surface area contributed by atoms with Crippen molar-refractivity contribution in [2.45, 2.75) is 125 Å². The van der Waals surface area contributed by atoms with E-state index in [1.165, 1.54) is 12.8 Å². The second kappa shape index (κ2) is 22.5. The number of nitrogens with two attached hydrogens (primary N) is 1. The number of carboxylic acid groups (broad SMARTS) is 1. The summed E-state index contributed by atoms with van der Waals surface area (Å²) in [5.41, 5.74) is 11.8. The smallest absolute Gasteiger partial charge is 0.303 e. The number of methoxy groups -OCH3 is 1. The van der Waals surface area contributed by atoms with Gasteiger partial charge in [0.05, 0.1) is 19.3 Å². The number of benzene rings is 2. The van der Waals surface area contributed by atoms with Gasteiger partial charge in [0, 0.05) is 47.1 Å². The number of carboxylic acids is 1. The van der Waals surface area contributed by atoms with Crippen LogP contribution in [0, 0.1) is 24.7 Å². The molecule has 7 nitrogen and oxygen atoms in total. The molecule has 0 spiro atoms. The summed E-state index contributed by atoms with van der Waals surface area (Å²) < 4.78 is 7.91. The molecule has 51 heavy (non-hydrogen) atoms. The molecule has 2 aliphatic rings. The fraction of sp³-hybridized carbons (Fsp3) is 0.558. The molecule has 282 valence electrons. The van der Waals surface area contributed by atoms with E-state index in [0.29, 0.717) is 47.6 Å². The van der Waals surface area contributed by atoms with Gasteiger partial charge in [-0.2, -0.15) is 0 Å². The number of hydrogen-bond acceptors (Lipinski definition) is 5. The maximum atomic E-state index is 12.6. The van der Waals surface area contributed by atoms with Crippen LogP contribution in [0.1, 0.15) is 145 Å². The first-order valence-electron chi connectivity index (χ1n) is 19.0. The number of nitrogens with zero attached hydrogens (tertiary/aromatic N) is 1. The number of fused-ring (bicyclic) bond motifs is 3. The van der Waals surface area contributed by atoms with Gasteiger partial charge < -0.3 is 20.1 Å². The predicted octanol–water partition coefficient (Wildman–Crippen LogP) is 10.8. The van der Waals surface area contributed by atoms with Gasteiger partial charge in [-0.1, -0.05) is 116 Å². The van der Waals surface area contributed by atoms with E-state index < -0.39 is 5.97 Å². The molecule has 2 unspecified atom stereocenters. The molecule has 2 heterocycles. The lowest BCUT2D eigenvalue weighted by Gasteiger charge is -2.28. The molecular weight excluding hydrogens is 660 g/mol. The van der Waals surface area contributed by atoms with Crippen LogP contribution in [-0.4, -0.2) is 40.9 Å². The number of para-hydroxylation sites is 1. The lowest BCUT2D eigenvalue weighted by atomic mass is 9.76.